The highest BCUT2D eigenvalue weighted by Gasteiger charge is 2.39. The fourth-order valence-corrected chi connectivity index (χ4v) is 2.37. The van der Waals surface area contributed by atoms with Gasteiger partial charge in [0.15, 0.2) is 17.1 Å². The van der Waals surface area contributed by atoms with Gasteiger partial charge in [-0.1, -0.05) is 0 Å². The molecule has 0 atom stereocenters. The van der Waals surface area contributed by atoms with Crippen molar-refractivity contribution in [2.45, 2.75) is 19.6 Å². The van der Waals surface area contributed by atoms with Crippen LogP contribution < -0.4 is 5.32 Å². The number of hydrogen-bond acceptors (Lipinski definition) is 8. The van der Waals surface area contributed by atoms with E-state index in [4.69, 9.17) is 9.47 Å². The highest BCUT2D eigenvalue weighted by atomic mass is 79.9. The van der Waals surface area contributed by atoms with Crippen LogP contribution in [0.15, 0.2) is 22.3 Å². The van der Waals surface area contributed by atoms with Crippen LogP contribution in [0.5, 0.6) is 5.75 Å². The lowest BCUT2D eigenvalue weighted by Crippen LogP contribution is -2.42. The van der Waals surface area contributed by atoms with Crippen LogP contribution in [0.1, 0.15) is 24.2 Å². The predicted octanol–water partition coefficient (Wildman–Crippen LogP) is 2.21. The van der Waals surface area contributed by atoms with Crippen molar-refractivity contribution in [3.8, 4) is 5.75 Å². The zero-order valence-corrected chi connectivity index (χ0v) is 14.9. The quantitative estimate of drug-likeness (QED) is 0.333. The Morgan fingerprint density at radius 2 is 1.92 bits per heavy atom. The number of carbonyl (C=O) groups is 3. The van der Waals surface area contributed by atoms with Gasteiger partial charge in [-0.15, -0.1) is 0 Å². The number of benzene rings is 1. The molecule has 0 aromatic heterocycles. The van der Waals surface area contributed by atoms with Gasteiger partial charge in [0.1, 0.15) is 5.56 Å². The summed E-state index contributed by atoms with van der Waals surface area (Å²) in [6, 6.07) is 1.11. The number of methoxy groups -OCH3 is 1. The number of rotatable bonds is 3. The lowest BCUT2D eigenvalue weighted by molar-refractivity contribution is -0.222. The lowest BCUT2D eigenvalue weighted by atomic mass is 10.1. The van der Waals surface area contributed by atoms with Crippen LogP contribution >= 0.6 is 15.9 Å². The maximum atomic E-state index is 14.0. The van der Waals surface area contributed by atoms with Crippen molar-refractivity contribution in [2.24, 2.45) is 0 Å². The first-order chi connectivity index (χ1) is 11.6. The molecule has 0 amide bonds. The standard InChI is InChI=1S/C15H13BrFNO7/c1-15(2)24-12(20)6(13(21)25-15)5-18-8-4-7(16)10(17)9(11(8)19)14(22)23-3/h4-5,18-19H,1-3H3. The van der Waals surface area contributed by atoms with Crippen molar-refractivity contribution in [1.82, 2.24) is 0 Å². The molecule has 0 radical (unpaired) electrons. The first-order valence-electron chi connectivity index (χ1n) is 6.80. The summed E-state index contributed by atoms with van der Waals surface area (Å²) in [5.41, 5.74) is -1.35. The summed E-state index contributed by atoms with van der Waals surface area (Å²) in [5.74, 6) is -6.18. The van der Waals surface area contributed by atoms with Crippen molar-refractivity contribution in [1.29, 1.82) is 0 Å². The molecule has 0 bridgehead atoms. The number of cyclic esters (lactones) is 2. The zero-order chi connectivity index (χ0) is 18.9. The minimum atomic E-state index is -1.40. The Morgan fingerprint density at radius 3 is 2.44 bits per heavy atom. The number of esters is 3. The van der Waals surface area contributed by atoms with Gasteiger partial charge in [-0.05, 0) is 22.0 Å². The SMILES string of the molecule is COC(=O)c1c(O)c(NC=C2C(=O)OC(C)(C)OC2=O)cc(Br)c1F. The van der Waals surface area contributed by atoms with Gasteiger partial charge < -0.3 is 24.6 Å². The molecule has 1 saturated heterocycles. The van der Waals surface area contributed by atoms with Crippen molar-refractivity contribution in [3.63, 3.8) is 0 Å². The Balaban J connectivity index is 2.38. The highest BCUT2D eigenvalue weighted by Crippen LogP contribution is 2.35. The van der Waals surface area contributed by atoms with Gasteiger partial charge in [0.05, 0.1) is 17.3 Å². The van der Waals surface area contributed by atoms with E-state index in [1.165, 1.54) is 13.8 Å². The van der Waals surface area contributed by atoms with Crippen LogP contribution in [-0.2, 0) is 23.8 Å². The third-order valence-corrected chi connectivity index (χ3v) is 3.65. The highest BCUT2D eigenvalue weighted by molar-refractivity contribution is 9.10. The average Bonchev–Trinajstić information content (AvgIpc) is 2.50. The predicted molar refractivity (Wildman–Crippen MR) is 85.1 cm³/mol. The van der Waals surface area contributed by atoms with E-state index < -0.39 is 46.4 Å². The molecule has 1 aliphatic heterocycles. The van der Waals surface area contributed by atoms with E-state index in [1.807, 2.05) is 0 Å². The molecule has 0 spiro atoms. The van der Waals surface area contributed by atoms with Gasteiger partial charge >= 0.3 is 17.9 Å². The monoisotopic (exact) mass is 417 g/mol. The molecule has 1 aliphatic rings. The van der Waals surface area contributed by atoms with Crippen LogP contribution in [0, 0.1) is 5.82 Å². The van der Waals surface area contributed by atoms with E-state index in [9.17, 15) is 23.9 Å². The molecule has 0 unspecified atom stereocenters. The second-order valence-electron chi connectivity index (χ2n) is 5.32. The maximum Gasteiger partial charge on any atom is 0.350 e. The summed E-state index contributed by atoms with van der Waals surface area (Å²) >= 11 is 2.90. The lowest BCUT2D eigenvalue weighted by Gasteiger charge is -2.29. The van der Waals surface area contributed by atoms with E-state index in [1.54, 1.807) is 0 Å². The summed E-state index contributed by atoms with van der Waals surface area (Å²) < 4.78 is 28.0. The molecule has 1 fully saturated rings. The Kier molecular flexibility index (Phi) is 5.02. The largest absolute Gasteiger partial charge is 0.505 e. The molecule has 1 aromatic rings. The van der Waals surface area contributed by atoms with Crippen molar-refractivity contribution < 1.29 is 38.1 Å². The molecule has 8 nitrogen and oxygen atoms in total. The summed E-state index contributed by atoms with van der Waals surface area (Å²) in [7, 11) is 1.02. The van der Waals surface area contributed by atoms with Crippen molar-refractivity contribution in [3.05, 3.63) is 33.7 Å². The summed E-state index contributed by atoms with van der Waals surface area (Å²) in [6.45, 7) is 2.77. The molecule has 2 rings (SSSR count). The first kappa shape index (κ1) is 18.7. The van der Waals surface area contributed by atoms with Crippen LogP contribution in [0.3, 0.4) is 0 Å². The maximum absolute atomic E-state index is 14.0. The Hall–Kier alpha value is -2.62. The number of ether oxygens (including phenoxy) is 3. The molecular weight excluding hydrogens is 405 g/mol. The zero-order valence-electron chi connectivity index (χ0n) is 13.3. The number of anilines is 1. The normalized spacial score (nSPS) is 16.0. The van der Waals surface area contributed by atoms with Crippen LogP contribution in [0.2, 0.25) is 0 Å². The van der Waals surface area contributed by atoms with E-state index >= 15 is 0 Å². The number of phenols is 1. The first-order valence-corrected chi connectivity index (χ1v) is 7.59. The third kappa shape index (κ3) is 3.73. The number of phenolic OH excluding ortho intramolecular Hbond substituents is 1. The van der Waals surface area contributed by atoms with E-state index in [0.717, 1.165) is 19.4 Å². The second-order valence-corrected chi connectivity index (χ2v) is 6.17. The average molecular weight is 418 g/mol. The molecule has 25 heavy (non-hydrogen) atoms. The topological polar surface area (TPSA) is 111 Å². The number of halogens is 2. The fourth-order valence-electron chi connectivity index (χ4n) is 1.94. The van der Waals surface area contributed by atoms with E-state index in [2.05, 4.69) is 26.0 Å². The summed E-state index contributed by atoms with van der Waals surface area (Å²) in [5, 5.41) is 12.5. The van der Waals surface area contributed by atoms with Crippen LogP contribution in [0.4, 0.5) is 10.1 Å². The van der Waals surface area contributed by atoms with E-state index in [0.29, 0.717) is 0 Å². The summed E-state index contributed by atoms with van der Waals surface area (Å²) in [4.78, 5) is 35.3. The molecular formula is C15H13BrFNO7. The Labute approximate surface area is 149 Å². The minimum absolute atomic E-state index is 0.151. The molecule has 1 heterocycles. The number of carbonyl (C=O) groups excluding carboxylic acids is 3. The van der Waals surface area contributed by atoms with E-state index in [-0.39, 0.29) is 10.2 Å². The third-order valence-electron chi connectivity index (χ3n) is 3.07. The molecule has 1 aromatic carbocycles. The summed E-state index contributed by atoms with van der Waals surface area (Å²) in [6.07, 6.45) is 0.917. The second kappa shape index (κ2) is 6.71. The van der Waals surface area contributed by atoms with Gasteiger partial charge in [-0.25, -0.2) is 18.8 Å². The molecule has 0 saturated carbocycles. The Morgan fingerprint density at radius 1 is 1.36 bits per heavy atom. The van der Waals surface area contributed by atoms with Gasteiger partial charge in [0.2, 0.25) is 0 Å². The van der Waals surface area contributed by atoms with Crippen molar-refractivity contribution >= 4 is 39.5 Å². The molecule has 0 aliphatic carbocycles. The molecule has 2 N–H and O–H groups in total. The minimum Gasteiger partial charge on any atom is -0.505 e. The van der Waals surface area contributed by atoms with Crippen molar-refractivity contribution in [2.75, 3.05) is 12.4 Å². The van der Waals surface area contributed by atoms with Crippen LogP contribution in [0.25, 0.3) is 0 Å². The molecule has 134 valence electrons. The van der Waals surface area contributed by atoms with Gasteiger partial charge in [-0.2, -0.15) is 0 Å². The fraction of sp³-hybridized carbons (Fsp3) is 0.267. The van der Waals surface area contributed by atoms with Gasteiger partial charge in [-0.3, -0.25) is 0 Å². The number of nitrogens with one attached hydrogen (secondary N) is 1. The smallest absolute Gasteiger partial charge is 0.350 e. The number of hydrogen-bond donors (Lipinski definition) is 2. The van der Waals surface area contributed by atoms with Crippen LogP contribution in [-0.4, -0.2) is 35.9 Å². The number of aromatic hydroxyl groups is 1. The Bertz CT molecular complexity index is 782. The van der Waals surface area contributed by atoms with Gasteiger partial charge in [0, 0.05) is 20.0 Å². The molecule has 10 heteroatoms. The van der Waals surface area contributed by atoms with Gasteiger partial charge in [0.25, 0.3) is 5.79 Å².